The number of nitrogens with one attached hydrogen (secondary N) is 2. The van der Waals surface area contributed by atoms with E-state index in [4.69, 9.17) is 14.2 Å². The first-order valence-corrected chi connectivity index (χ1v) is 11.3. The summed E-state index contributed by atoms with van der Waals surface area (Å²) in [5.41, 5.74) is 3.83. The third-order valence-electron chi connectivity index (χ3n) is 4.04. The summed E-state index contributed by atoms with van der Waals surface area (Å²) in [5, 5.41) is 6.71. The number of amides is 2. The number of methoxy groups -OCH3 is 1. The Labute approximate surface area is 201 Å². The Bertz CT molecular complexity index is 945. The maximum Gasteiger partial charge on any atom is 0.240 e. The number of hydrogen-bond acceptors (Lipinski definition) is 6. The zero-order chi connectivity index (χ0) is 23.5. The molecule has 0 aliphatic rings. The number of halogens is 1. The van der Waals surface area contributed by atoms with Gasteiger partial charge in [0.05, 0.1) is 29.6 Å². The molecule has 0 spiro atoms. The number of ether oxygens (including phenoxy) is 3. The molecule has 2 amide bonds. The molecule has 0 aliphatic carbocycles. The summed E-state index contributed by atoms with van der Waals surface area (Å²) < 4.78 is 17.4. The largest absolute Gasteiger partial charge is 0.494 e. The Morgan fingerprint density at radius 1 is 1.12 bits per heavy atom. The van der Waals surface area contributed by atoms with E-state index >= 15 is 0 Å². The van der Waals surface area contributed by atoms with Gasteiger partial charge >= 0.3 is 0 Å². The highest BCUT2D eigenvalue weighted by molar-refractivity contribution is 14.1. The average molecular weight is 553 g/mol. The van der Waals surface area contributed by atoms with Crippen LogP contribution >= 0.6 is 22.6 Å². The molecule has 0 fully saturated rings. The predicted octanol–water partition coefficient (Wildman–Crippen LogP) is 4.35. The van der Waals surface area contributed by atoms with Crippen molar-refractivity contribution in [3.05, 3.63) is 45.5 Å². The van der Waals surface area contributed by atoms with Crippen LogP contribution in [0, 0.1) is 3.57 Å². The molecule has 2 aromatic rings. The molecule has 9 heteroatoms. The first kappa shape index (κ1) is 25.4. The lowest BCUT2D eigenvalue weighted by molar-refractivity contribution is -0.124. The molecule has 0 unspecified atom stereocenters. The summed E-state index contributed by atoms with van der Waals surface area (Å²) in [6, 6.07) is 10.7. The molecule has 0 bridgehead atoms. The molecule has 2 aromatic carbocycles. The average Bonchev–Trinajstić information content (AvgIpc) is 2.75. The Morgan fingerprint density at radius 3 is 2.44 bits per heavy atom. The van der Waals surface area contributed by atoms with Gasteiger partial charge in [0, 0.05) is 18.5 Å². The second-order valence-electron chi connectivity index (χ2n) is 7.00. The smallest absolute Gasteiger partial charge is 0.240 e. The van der Waals surface area contributed by atoms with E-state index in [0.717, 1.165) is 14.9 Å². The number of nitrogens with zero attached hydrogens (tertiary/aromatic N) is 1. The normalized spacial score (nSPS) is 10.8. The Balaban J connectivity index is 1.83. The fourth-order valence-corrected chi connectivity index (χ4v) is 3.40. The van der Waals surface area contributed by atoms with E-state index in [0.29, 0.717) is 23.8 Å². The van der Waals surface area contributed by atoms with Crippen molar-refractivity contribution in [2.24, 2.45) is 5.10 Å². The van der Waals surface area contributed by atoms with Gasteiger partial charge in [-0.05, 0) is 85.3 Å². The highest BCUT2D eigenvalue weighted by Crippen LogP contribution is 2.34. The minimum atomic E-state index is -0.357. The molecule has 2 N–H and O–H groups in total. The standard InChI is InChI=1S/C23H28IN3O5/c1-5-31-18-8-6-17(7-9-18)26-21(28)10-11-22(29)27-25-14-16-12-19(24)23(32-15(2)3)20(13-16)30-4/h6-9,12-15H,5,10-11H2,1-4H3,(H,26,28)(H,27,29). The molecular weight excluding hydrogens is 525 g/mol. The van der Waals surface area contributed by atoms with Crippen LogP contribution in [0.5, 0.6) is 17.2 Å². The van der Waals surface area contributed by atoms with E-state index in [1.807, 2.05) is 26.8 Å². The molecule has 32 heavy (non-hydrogen) atoms. The van der Waals surface area contributed by atoms with Crippen molar-refractivity contribution in [1.29, 1.82) is 0 Å². The van der Waals surface area contributed by atoms with Crippen LogP contribution in [0.15, 0.2) is 41.5 Å². The quantitative estimate of drug-likeness (QED) is 0.245. The number of hydrogen-bond donors (Lipinski definition) is 2. The number of benzene rings is 2. The number of carbonyl (C=O) groups is 2. The number of rotatable bonds is 11. The van der Waals surface area contributed by atoms with Crippen LogP contribution in [0.4, 0.5) is 5.69 Å². The molecule has 0 radical (unpaired) electrons. The number of anilines is 1. The maximum atomic E-state index is 12.1. The lowest BCUT2D eigenvalue weighted by Gasteiger charge is -2.15. The van der Waals surface area contributed by atoms with Crippen LogP contribution < -0.4 is 25.0 Å². The topological polar surface area (TPSA) is 98.2 Å². The lowest BCUT2D eigenvalue weighted by atomic mass is 10.2. The van der Waals surface area contributed by atoms with Crippen molar-refractivity contribution in [3.63, 3.8) is 0 Å². The molecule has 0 heterocycles. The highest BCUT2D eigenvalue weighted by atomic mass is 127. The van der Waals surface area contributed by atoms with Crippen LogP contribution in [0.1, 0.15) is 39.2 Å². The van der Waals surface area contributed by atoms with Gasteiger partial charge in [0.25, 0.3) is 0 Å². The molecule has 172 valence electrons. The van der Waals surface area contributed by atoms with Crippen molar-refractivity contribution in [2.75, 3.05) is 19.0 Å². The van der Waals surface area contributed by atoms with Gasteiger partial charge in [0.15, 0.2) is 11.5 Å². The van der Waals surface area contributed by atoms with Gasteiger partial charge in [0.1, 0.15) is 5.75 Å². The van der Waals surface area contributed by atoms with E-state index in [1.165, 1.54) is 6.21 Å². The van der Waals surface area contributed by atoms with E-state index in [1.54, 1.807) is 37.4 Å². The predicted molar refractivity (Wildman–Crippen MR) is 133 cm³/mol. The summed E-state index contributed by atoms with van der Waals surface area (Å²) in [7, 11) is 1.57. The molecular formula is C23H28IN3O5. The third kappa shape index (κ3) is 8.37. The van der Waals surface area contributed by atoms with Gasteiger partial charge in [-0.15, -0.1) is 0 Å². The minimum Gasteiger partial charge on any atom is -0.494 e. The fraction of sp³-hybridized carbons (Fsp3) is 0.348. The summed E-state index contributed by atoms with van der Waals surface area (Å²) in [5.74, 6) is 1.38. The van der Waals surface area contributed by atoms with E-state index in [2.05, 4.69) is 38.4 Å². The Kier molecular flexibility index (Phi) is 10.3. The van der Waals surface area contributed by atoms with Gasteiger partial charge in [-0.25, -0.2) is 5.43 Å². The monoisotopic (exact) mass is 553 g/mol. The van der Waals surface area contributed by atoms with E-state index < -0.39 is 0 Å². The van der Waals surface area contributed by atoms with Gasteiger partial charge in [-0.2, -0.15) is 5.10 Å². The summed E-state index contributed by atoms with van der Waals surface area (Å²) in [6.07, 6.45) is 1.59. The van der Waals surface area contributed by atoms with Crippen LogP contribution in [0.25, 0.3) is 0 Å². The van der Waals surface area contributed by atoms with E-state index in [-0.39, 0.29) is 30.8 Å². The third-order valence-corrected chi connectivity index (χ3v) is 4.84. The van der Waals surface area contributed by atoms with E-state index in [9.17, 15) is 9.59 Å². The summed E-state index contributed by atoms with van der Waals surface area (Å²) in [4.78, 5) is 24.1. The summed E-state index contributed by atoms with van der Waals surface area (Å²) >= 11 is 2.16. The lowest BCUT2D eigenvalue weighted by Crippen LogP contribution is -2.20. The second-order valence-corrected chi connectivity index (χ2v) is 8.16. The molecule has 8 nitrogen and oxygen atoms in total. The zero-order valence-electron chi connectivity index (χ0n) is 18.6. The van der Waals surface area contributed by atoms with Crippen LogP contribution in [-0.4, -0.2) is 37.8 Å². The molecule has 0 aliphatic heterocycles. The van der Waals surface area contributed by atoms with Crippen LogP contribution in [0.3, 0.4) is 0 Å². The van der Waals surface area contributed by atoms with Gasteiger partial charge < -0.3 is 19.5 Å². The van der Waals surface area contributed by atoms with Crippen molar-refractivity contribution in [1.82, 2.24) is 5.43 Å². The highest BCUT2D eigenvalue weighted by Gasteiger charge is 2.12. The zero-order valence-corrected chi connectivity index (χ0v) is 20.8. The second kappa shape index (κ2) is 12.9. The van der Waals surface area contributed by atoms with Crippen molar-refractivity contribution in [2.45, 2.75) is 39.7 Å². The molecule has 0 aromatic heterocycles. The van der Waals surface area contributed by atoms with Crippen LogP contribution in [0.2, 0.25) is 0 Å². The maximum absolute atomic E-state index is 12.1. The Hall–Kier alpha value is -2.82. The number of carbonyl (C=O) groups excluding carboxylic acids is 2. The SMILES string of the molecule is CCOc1ccc(NC(=O)CCC(=O)NN=Cc2cc(I)c(OC(C)C)c(OC)c2)cc1. The first-order chi connectivity index (χ1) is 15.3. The number of hydrazone groups is 1. The van der Waals surface area contributed by atoms with Gasteiger partial charge in [0.2, 0.25) is 11.8 Å². The van der Waals surface area contributed by atoms with Gasteiger partial charge in [-0.3, -0.25) is 9.59 Å². The molecule has 0 saturated carbocycles. The van der Waals surface area contributed by atoms with Crippen LogP contribution in [-0.2, 0) is 9.59 Å². The first-order valence-electron chi connectivity index (χ1n) is 10.2. The molecule has 2 rings (SSSR count). The Morgan fingerprint density at radius 2 is 1.81 bits per heavy atom. The molecule has 0 saturated heterocycles. The summed E-state index contributed by atoms with van der Waals surface area (Å²) in [6.45, 7) is 6.37. The fourth-order valence-electron chi connectivity index (χ4n) is 2.65. The van der Waals surface area contributed by atoms with Crippen molar-refractivity contribution >= 4 is 46.3 Å². The van der Waals surface area contributed by atoms with Crippen molar-refractivity contribution < 1.29 is 23.8 Å². The van der Waals surface area contributed by atoms with Crippen molar-refractivity contribution in [3.8, 4) is 17.2 Å². The van der Waals surface area contributed by atoms with Gasteiger partial charge in [-0.1, -0.05) is 0 Å². The molecule has 0 atom stereocenters. The minimum absolute atomic E-state index is 0.0161.